The zero-order chi connectivity index (χ0) is 21.5. The fourth-order valence-corrected chi connectivity index (χ4v) is 4.26. The Morgan fingerprint density at radius 1 is 1.03 bits per heavy atom. The van der Waals surface area contributed by atoms with Crippen LogP contribution in [0.15, 0.2) is 71.5 Å². The van der Waals surface area contributed by atoms with Gasteiger partial charge in [-0.05, 0) is 36.2 Å². The van der Waals surface area contributed by atoms with E-state index in [1.807, 2.05) is 54.6 Å². The van der Waals surface area contributed by atoms with Crippen molar-refractivity contribution in [3.63, 3.8) is 0 Å². The summed E-state index contributed by atoms with van der Waals surface area (Å²) in [7, 11) is 0. The van der Waals surface area contributed by atoms with Crippen molar-refractivity contribution in [2.24, 2.45) is 0 Å². The number of rotatable bonds is 4. The summed E-state index contributed by atoms with van der Waals surface area (Å²) in [4.78, 5) is 41.7. The Hall–Kier alpha value is -3.93. The first-order valence-electron chi connectivity index (χ1n) is 10.1. The third kappa shape index (κ3) is 3.17. The van der Waals surface area contributed by atoms with Crippen LogP contribution in [0, 0.1) is 0 Å². The molecule has 0 radical (unpaired) electrons. The Labute approximate surface area is 178 Å². The second-order valence-electron chi connectivity index (χ2n) is 7.70. The lowest BCUT2D eigenvalue weighted by atomic mass is 9.95. The van der Waals surface area contributed by atoms with Gasteiger partial charge in [-0.2, -0.15) is 0 Å². The average molecular weight is 412 g/mol. The molecular weight excluding hydrogens is 392 g/mol. The summed E-state index contributed by atoms with van der Waals surface area (Å²) in [6.45, 7) is 1.47. The zero-order valence-electron chi connectivity index (χ0n) is 16.9. The number of carbonyl (C=O) groups is 2. The number of aromatic amines is 1. The van der Waals surface area contributed by atoms with E-state index in [2.05, 4.69) is 4.98 Å². The third-order valence-electron chi connectivity index (χ3n) is 5.77. The van der Waals surface area contributed by atoms with Gasteiger partial charge in [-0.15, -0.1) is 0 Å². The van der Waals surface area contributed by atoms with E-state index >= 15 is 0 Å². The summed E-state index contributed by atoms with van der Waals surface area (Å²) in [6.07, 6.45) is 0.307. The summed E-state index contributed by atoms with van der Waals surface area (Å²) in [5.74, 6) is -0.831. The maximum absolute atomic E-state index is 13.2. The van der Waals surface area contributed by atoms with Gasteiger partial charge in [0.05, 0.1) is 17.0 Å². The number of carbonyl (C=O) groups excluding carboxylic acids is 2. The minimum atomic E-state index is -0.850. The van der Waals surface area contributed by atoms with E-state index in [9.17, 15) is 14.4 Å². The van der Waals surface area contributed by atoms with Crippen molar-refractivity contribution in [3.8, 4) is 11.4 Å². The highest BCUT2D eigenvalue weighted by Gasteiger charge is 2.34. The Morgan fingerprint density at radius 3 is 2.55 bits per heavy atom. The van der Waals surface area contributed by atoms with Crippen LogP contribution in [0.2, 0.25) is 0 Å². The molecule has 1 atom stereocenters. The average Bonchev–Trinajstić information content (AvgIpc) is 3.16. The molecule has 0 amide bonds. The lowest BCUT2D eigenvalue weighted by Gasteiger charge is -2.27. The molecule has 31 heavy (non-hydrogen) atoms. The van der Waals surface area contributed by atoms with E-state index in [1.165, 1.54) is 17.6 Å². The van der Waals surface area contributed by atoms with Crippen LogP contribution in [0.25, 0.3) is 22.3 Å². The first-order chi connectivity index (χ1) is 15.0. The van der Waals surface area contributed by atoms with Crippen molar-refractivity contribution < 1.29 is 14.3 Å². The second kappa shape index (κ2) is 7.40. The van der Waals surface area contributed by atoms with Gasteiger partial charge in [0.2, 0.25) is 0 Å². The number of nitrogens with zero attached hydrogens (tertiary/aromatic N) is 1. The normalized spacial score (nSPS) is 14.7. The molecule has 5 rings (SSSR count). The molecule has 0 spiro atoms. The van der Waals surface area contributed by atoms with Gasteiger partial charge >= 0.3 is 5.97 Å². The minimum Gasteiger partial charge on any atom is -0.459 e. The number of ether oxygens (including phenoxy) is 1. The van der Waals surface area contributed by atoms with Crippen LogP contribution >= 0.6 is 0 Å². The maximum atomic E-state index is 13.2. The van der Waals surface area contributed by atoms with Gasteiger partial charge in [0, 0.05) is 17.3 Å². The van der Waals surface area contributed by atoms with Gasteiger partial charge in [0.15, 0.2) is 5.78 Å². The number of aromatic nitrogens is 2. The fraction of sp³-hybridized carbons (Fsp3) is 0.160. The predicted octanol–water partition coefficient (Wildman–Crippen LogP) is 4.04. The van der Waals surface area contributed by atoms with E-state index in [-0.39, 0.29) is 18.0 Å². The van der Waals surface area contributed by atoms with Crippen molar-refractivity contribution in [2.45, 2.75) is 26.0 Å². The molecule has 0 saturated carbocycles. The Kier molecular flexibility index (Phi) is 4.55. The highest BCUT2D eigenvalue weighted by Crippen LogP contribution is 2.38. The number of Topliss-reactive ketones (excluding diaryl/α,β-unsaturated/α-hetero) is 1. The Balaban J connectivity index is 1.62. The number of ketones is 1. The van der Waals surface area contributed by atoms with Crippen molar-refractivity contribution >= 4 is 22.7 Å². The van der Waals surface area contributed by atoms with Crippen LogP contribution in [0.3, 0.4) is 0 Å². The SMILES string of the molecule is CC(=O)c1ccc2n(c1=O)[C@H](C(=O)OCc1ccccc1)Cc1c-2[nH]c2ccccc12. The van der Waals surface area contributed by atoms with Crippen LogP contribution < -0.4 is 5.56 Å². The first kappa shape index (κ1) is 19.1. The highest BCUT2D eigenvalue weighted by molar-refractivity contribution is 5.96. The maximum Gasteiger partial charge on any atom is 0.329 e. The van der Waals surface area contributed by atoms with Gasteiger partial charge < -0.3 is 9.72 Å². The molecule has 1 aliphatic heterocycles. The Bertz CT molecular complexity index is 1380. The topological polar surface area (TPSA) is 81.2 Å². The molecule has 0 fully saturated rings. The largest absolute Gasteiger partial charge is 0.459 e. The van der Waals surface area contributed by atoms with Gasteiger partial charge in [0.1, 0.15) is 12.6 Å². The highest BCUT2D eigenvalue weighted by atomic mass is 16.5. The number of benzene rings is 2. The molecule has 2 aromatic heterocycles. The number of nitrogens with one attached hydrogen (secondary N) is 1. The molecule has 0 saturated heterocycles. The molecule has 1 aliphatic rings. The molecule has 0 aliphatic carbocycles. The number of fused-ring (bicyclic) bond motifs is 5. The van der Waals surface area contributed by atoms with Gasteiger partial charge in [-0.25, -0.2) is 4.79 Å². The monoisotopic (exact) mass is 412 g/mol. The summed E-state index contributed by atoms with van der Waals surface area (Å²) in [5.41, 5.74) is 3.71. The summed E-state index contributed by atoms with van der Waals surface area (Å²) >= 11 is 0. The number of para-hydroxylation sites is 1. The van der Waals surface area contributed by atoms with Crippen molar-refractivity contribution in [1.29, 1.82) is 0 Å². The van der Waals surface area contributed by atoms with E-state index in [0.717, 1.165) is 27.7 Å². The van der Waals surface area contributed by atoms with Crippen molar-refractivity contribution in [2.75, 3.05) is 0 Å². The van der Waals surface area contributed by atoms with E-state index in [1.54, 1.807) is 6.07 Å². The third-order valence-corrected chi connectivity index (χ3v) is 5.77. The van der Waals surface area contributed by atoms with Gasteiger partial charge in [-0.3, -0.25) is 14.2 Å². The number of hydrogen-bond acceptors (Lipinski definition) is 4. The number of pyridine rings is 1. The molecule has 6 nitrogen and oxygen atoms in total. The van der Waals surface area contributed by atoms with Crippen LogP contribution in [0.1, 0.15) is 34.5 Å². The lowest BCUT2D eigenvalue weighted by molar-refractivity contribution is -0.149. The van der Waals surface area contributed by atoms with E-state index in [0.29, 0.717) is 12.1 Å². The Morgan fingerprint density at radius 2 is 1.77 bits per heavy atom. The van der Waals surface area contributed by atoms with Gasteiger partial charge in [0.25, 0.3) is 5.56 Å². The van der Waals surface area contributed by atoms with Crippen LogP contribution in [-0.4, -0.2) is 21.3 Å². The van der Waals surface area contributed by atoms with Crippen LogP contribution in [0.5, 0.6) is 0 Å². The lowest BCUT2D eigenvalue weighted by Crippen LogP contribution is -2.38. The number of esters is 1. The molecule has 0 unspecified atom stereocenters. The van der Waals surface area contributed by atoms with E-state index in [4.69, 9.17) is 4.74 Å². The molecule has 0 bridgehead atoms. The standard InChI is InChI=1S/C25H20N2O4/c1-15(28)17-11-12-21-23-19(18-9-5-6-10-20(18)26-23)13-22(27(21)24(17)29)25(30)31-14-16-7-3-2-4-8-16/h2-12,22,26H,13-14H2,1H3/t22-/m0/s1. The molecule has 3 heterocycles. The number of H-pyrrole nitrogens is 1. The molecular formula is C25H20N2O4. The fourth-order valence-electron chi connectivity index (χ4n) is 4.26. The quantitative estimate of drug-likeness (QED) is 0.405. The smallest absolute Gasteiger partial charge is 0.329 e. The van der Waals surface area contributed by atoms with Crippen LogP contribution in [0.4, 0.5) is 0 Å². The molecule has 1 N–H and O–H groups in total. The van der Waals surface area contributed by atoms with Crippen LogP contribution in [-0.2, 0) is 22.6 Å². The summed E-state index contributed by atoms with van der Waals surface area (Å²) < 4.78 is 6.99. The minimum absolute atomic E-state index is 0.0594. The molecule has 6 heteroatoms. The van der Waals surface area contributed by atoms with Crippen molar-refractivity contribution in [3.05, 3.63) is 93.8 Å². The molecule has 4 aromatic rings. The molecule has 154 valence electrons. The molecule has 2 aromatic carbocycles. The zero-order valence-corrected chi connectivity index (χ0v) is 16.9. The first-order valence-corrected chi connectivity index (χ1v) is 10.1. The van der Waals surface area contributed by atoms with Crippen molar-refractivity contribution in [1.82, 2.24) is 9.55 Å². The van der Waals surface area contributed by atoms with Gasteiger partial charge in [-0.1, -0.05) is 48.5 Å². The number of hydrogen-bond donors (Lipinski definition) is 1. The predicted molar refractivity (Wildman–Crippen MR) is 117 cm³/mol. The van der Waals surface area contributed by atoms with E-state index < -0.39 is 17.6 Å². The second-order valence-corrected chi connectivity index (χ2v) is 7.70. The summed E-state index contributed by atoms with van der Waals surface area (Å²) in [5, 5.41) is 1.01. The summed E-state index contributed by atoms with van der Waals surface area (Å²) in [6, 6.07) is 19.6.